The summed E-state index contributed by atoms with van der Waals surface area (Å²) >= 11 is 1.37. The maximum atomic E-state index is 12.3. The predicted molar refractivity (Wildman–Crippen MR) is 111 cm³/mol. The zero-order valence-electron chi connectivity index (χ0n) is 16.2. The van der Waals surface area contributed by atoms with Gasteiger partial charge in [-0.2, -0.15) is 0 Å². The van der Waals surface area contributed by atoms with Crippen LogP contribution in [0, 0.1) is 5.92 Å². The van der Waals surface area contributed by atoms with Crippen LogP contribution >= 0.6 is 11.3 Å². The highest BCUT2D eigenvalue weighted by molar-refractivity contribution is 7.91. The number of carbonyl (C=O) groups excluding carboxylic acids is 1. The molecule has 1 aliphatic rings. The molecule has 0 spiro atoms. The number of nitrogens with zero attached hydrogens (tertiary/aromatic N) is 1. The van der Waals surface area contributed by atoms with Crippen molar-refractivity contribution in [3.05, 3.63) is 34.7 Å². The summed E-state index contributed by atoms with van der Waals surface area (Å²) in [4.78, 5) is 16.9. The number of hydrogen-bond acceptors (Lipinski definition) is 5. The molecule has 0 unspecified atom stereocenters. The topological polar surface area (TPSA) is 76.1 Å². The molecule has 5 nitrogen and oxygen atoms in total. The van der Waals surface area contributed by atoms with Crippen molar-refractivity contribution in [3.63, 3.8) is 0 Å². The maximum Gasteiger partial charge on any atom is 0.230 e. The summed E-state index contributed by atoms with van der Waals surface area (Å²) in [5.74, 6) is 0.126. The molecule has 1 saturated heterocycles. The van der Waals surface area contributed by atoms with Gasteiger partial charge < -0.3 is 5.32 Å². The van der Waals surface area contributed by atoms with Crippen LogP contribution in [0.3, 0.4) is 0 Å². The molecular weight excluding hydrogens is 380 g/mol. The van der Waals surface area contributed by atoms with Crippen LogP contribution in [-0.2, 0) is 14.6 Å². The first-order chi connectivity index (χ1) is 12.7. The predicted octanol–water partition coefficient (Wildman–Crippen LogP) is 4.43. The Morgan fingerprint density at radius 2 is 1.96 bits per heavy atom. The molecule has 1 aromatic carbocycles. The molecule has 1 N–H and O–H groups in total. The highest BCUT2D eigenvalue weighted by Gasteiger charge is 2.33. The van der Waals surface area contributed by atoms with E-state index in [1.54, 1.807) is 0 Å². The molecule has 0 aliphatic carbocycles. The highest BCUT2D eigenvalue weighted by atomic mass is 32.2. The molecule has 0 saturated carbocycles. The first-order valence-electron chi connectivity index (χ1n) is 9.27. The van der Waals surface area contributed by atoms with E-state index in [0.29, 0.717) is 23.4 Å². The van der Waals surface area contributed by atoms with Crippen LogP contribution in [0.2, 0.25) is 0 Å². The first kappa shape index (κ1) is 20.0. The Hall–Kier alpha value is -1.73. The van der Waals surface area contributed by atoms with Gasteiger partial charge in [0.1, 0.15) is 0 Å². The third-order valence-electron chi connectivity index (χ3n) is 4.98. The molecule has 7 heteroatoms. The van der Waals surface area contributed by atoms with Crippen LogP contribution in [0.25, 0.3) is 11.3 Å². The van der Waals surface area contributed by atoms with Crippen molar-refractivity contribution in [3.8, 4) is 11.3 Å². The first-order valence-corrected chi connectivity index (χ1v) is 12.0. The summed E-state index contributed by atoms with van der Waals surface area (Å²) in [7, 11) is -3.07. The van der Waals surface area contributed by atoms with E-state index in [1.807, 2.05) is 5.38 Å². The molecule has 2 heterocycles. The van der Waals surface area contributed by atoms with Gasteiger partial charge >= 0.3 is 0 Å². The van der Waals surface area contributed by atoms with Gasteiger partial charge in [0.2, 0.25) is 5.91 Å². The fraction of sp³-hybridized carbons (Fsp3) is 0.500. The summed E-state index contributed by atoms with van der Waals surface area (Å²) in [6.07, 6.45) is 0.389. The molecule has 1 aromatic heterocycles. The van der Waals surface area contributed by atoms with Crippen molar-refractivity contribution in [1.82, 2.24) is 4.98 Å². The van der Waals surface area contributed by atoms with Crippen molar-refractivity contribution < 1.29 is 13.2 Å². The molecule has 1 amide bonds. The molecule has 2 aromatic rings. The number of thiazole rings is 1. The molecule has 3 rings (SSSR count). The maximum absolute atomic E-state index is 12.3. The lowest BCUT2D eigenvalue weighted by atomic mass is 9.90. The van der Waals surface area contributed by atoms with E-state index < -0.39 is 15.8 Å². The van der Waals surface area contributed by atoms with Crippen molar-refractivity contribution in [1.29, 1.82) is 0 Å². The second kappa shape index (κ2) is 7.72. The molecule has 146 valence electrons. The summed E-state index contributed by atoms with van der Waals surface area (Å²) in [5.41, 5.74) is 4.46. The number of hydrogen-bond donors (Lipinski definition) is 1. The zero-order valence-corrected chi connectivity index (χ0v) is 17.8. The van der Waals surface area contributed by atoms with Gasteiger partial charge in [-0.1, -0.05) is 45.9 Å². The Bertz CT molecular complexity index is 946. The molecule has 0 bridgehead atoms. The summed E-state index contributed by atoms with van der Waals surface area (Å²) in [6.45, 7) is 8.69. The number of anilines is 1. The minimum atomic E-state index is -3.07. The van der Waals surface area contributed by atoms with Crippen LogP contribution in [0.15, 0.2) is 23.6 Å². The van der Waals surface area contributed by atoms with Crippen molar-refractivity contribution >= 4 is 32.2 Å². The van der Waals surface area contributed by atoms with Crippen molar-refractivity contribution in [2.75, 3.05) is 16.8 Å². The molecular formula is C20H26N2O3S2. The van der Waals surface area contributed by atoms with E-state index in [1.165, 1.54) is 22.5 Å². The monoisotopic (exact) mass is 406 g/mol. The van der Waals surface area contributed by atoms with E-state index in [2.05, 4.69) is 56.2 Å². The quantitative estimate of drug-likeness (QED) is 0.797. The van der Waals surface area contributed by atoms with E-state index in [-0.39, 0.29) is 17.4 Å². The summed E-state index contributed by atoms with van der Waals surface area (Å²) in [6, 6.07) is 6.48. The standard InChI is InChI=1S/C20H26N2O3S2/c1-12(2)14-5-6-16(17(9-14)13(3)4)18-10-26-20(21-18)22-19(23)15-7-8-27(24,25)11-15/h5-6,9-10,12-13,15H,7-8,11H2,1-4H3,(H,21,22,23)/t15-/m1/s1. The average Bonchev–Trinajstić information content (AvgIpc) is 3.20. The number of aromatic nitrogens is 1. The van der Waals surface area contributed by atoms with Gasteiger partial charge in [0.25, 0.3) is 0 Å². The largest absolute Gasteiger partial charge is 0.302 e. The van der Waals surface area contributed by atoms with Gasteiger partial charge in [-0.15, -0.1) is 11.3 Å². The van der Waals surface area contributed by atoms with Crippen LogP contribution in [0.5, 0.6) is 0 Å². The average molecular weight is 407 g/mol. The number of sulfone groups is 1. The fourth-order valence-electron chi connectivity index (χ4n) is 3.32. The Labute approximate surface area is 165 Å². The van der Waals surface area contributed by atoms with Crippen LogP contribution < -0.4 is 5.32 Å². The highest BCUT2D eigenvalue weighted by Crippen LogP contribution is 2.34. The lowest BCUT2D eigenvalue weighted by molar-refractivity contribution is -0.119. The molecule has 1 atom stereocenters. The normalized spacial score (nSPS) is 19.0. The van der Waals surface area contributed by atoms with Crippen LogP contribution in [-0.4, -0.2) is 30.8 Å². The van der Waals surface area contributed by atoms with Crippen molar-refractivity contribution in [2.24, 2.45) is 5.92 Å². The Morgan fingerprint density at radius 1 is 1.22 bits per heavy atom. The van der Waals surface area contributed by atoms with E-state index >= 15 is 0 Å². The number of amides is 1. The second-order valence-electron chi connectivity index (χ2n) is 7.78. The van der Waals surface area contributed by atoms with Crippen LogP contribution in [0.1, 0.15) is 57.1 Å². The van der Waals surface area contributed by atoms with Crippen molar-refractivity contribution in [2.45, 2.75) is 46.0 Å². The molecule has 1 fully saturated rings. The van der Waals surface area contributed by atoms with Gasteiger partial charge in [-0.05, 0) is 29.4 Å². The lowest BCUT2D eigenvalue weighted by Gasteiger charge is -2.15. The smallest absolute Gasteiger partial charge is 0.230 e. The third-order valence-corrected chi connectivity index (χ3v) is 7.50. The summed E-state index contributed by atoms with van der Waals surface area (Å²) < 4.78 is 23.1. The number of carbonyl (C=O) groups is 1. The van der Waals surface area contributed by atoms with Crippen LogP contribution in [0.4, 0.5) is 5.13 Å². The minimum Gasteiger partial charge on any atom is -0.302 e. The SMILES string of the molecule is CC(C)c1ccc(-c2csc(NC(=O)[C@@H]3CCS(=O)(=O)C3)n2)c(C(C)C)c1. The second-order valence-corrected chi connectivity index (χ2v) is 10.9. The van der Waals surface area contributed by atoms with Gasteiger partial charge in [-0.3, -0.25) is 4.79 Å². The van der Waals surface area contributed by atoms with Gasteiger partial charge in [0.05, 0.1) is 23.1 Å². The number of nitrogens with one attached hydrogen (secondary N) is 1. The third kappa shape index (κ3) is 4.58. The molecule has 1 aliphatic heterocycles. The lowest BCUT2D eigenvalue weighted by Crippen LogP contribution is -2.23. The van der Waals surface area contributed by atoms with Gasteiger partial charge in [0.15, 0.2) is 15.0 Å². The van der Waals surface area contributed by atoms with E-state index in [9.17, 15) is 13.2 Å². The Balaban J connectivity index is 1.81. The fourth-order valence-corrected chi connectivity index (χ4v) is 5.77. The minimum absolute atomic E-state index is 0.0643. The Morgan fingerprint density at radius 3 is 2.56 bits per heavy atom. The number of rotatable bonds is 5. The van der Waals surface area contributed by atoms with E-state index in [4.69, 9.17) is 0 Å². The van der Waals surface area contributed by atoms with Gasteiger partial charge in [-0.25, -0.2) is 13.4 Å². The number of benzene rings is 1. The zero-order chi connectivity index (χ0) is 19.8. The van der Waals surface area contributed by atoms with E-state index in [0.717, 1.165) is 11.3 Å². The molecule has 27 heavy (non-hydrogen) atoms. The molecule has 0 radical (unpaired) electrons. The Kier molecular flexibility index (Phi) is 5.72. The van der Waals surface area contributed by atoms with Gasteiger partial charge in [0, 0.05) is 10.9 Å². The summed E-state index contributed by atoms with van der Waals surface area (Å²) in [5, 5.41) is 5.25.